The van der Waals surface area contributed by atoms with Gasteiger partial charge in [0.15, 0.2) is 0 Å². The number of carbonyl (C=O) groups is 2. The van der Waals surface area contributed by atoms with Crippen molar-refractivity contribution < 1.29 is 14.7 Å². The van der Waals surface area contributed by atoms with Crippen molar-refractivity contribution >= 4 is 11.9 Å². The number of dihydropyridines is 1. The van der Waals surface area contributed by atoms with E-state index in [1.165, 1.54) is 4.90 Å². The van der Waals surface area contributed by atoms with E-state index in [1.807, 2.05) is 6.07 Å². The van der Waals surface area contributed by atoms with Gasteiger partial charge in [-0.2, -0.15) is 0 Å². The number of carbonyl (C=O) groups excluding carboxylic acids is 1. The molecule has 0 saturated carbocycles. The summed E-state index contributed by atoms with van der Waals surface area (Å²) < 4.78 is 0. The van der Waals surface area contributed by atoms with Gasteiger partial charge < -0.3 is 21.1 Å². The second kappa shape index (κ2) is 5.93. The quantitative estimate of drug-likeness (QED) is 0.774. The highest BCUT2D eigenvalue weighted by atomic mass is 16.4. The van der Waals surface area contributed by atoms with Crippen LogP contribution in [0.2, 0.25) is 0 Å². The summed E-state index contributed by atoms with van der Waals surface area (Å²) in [5.74, 6) is -2.02. The van der Waals surface area contributed by atoms with Gasteiger partial charge in [0.1, 0.15) is 5.82 Å². The summed E-state index contributed by atoms with van der Waals surface area (Å²) in [4.78, 5) is 25.6. The molecule has 1 unspecified atom stereocenters. The van der Waals surface area contributed by atoms with Crippen molar-refractivity contribution in [1.29, 1.82) is 0 Å². The van der Waals surface area contributed by atoms with E-state index in [1.54, 1.807) is 45.3 Å². The number of hydrogen-bond acceptors (Lipinski definition) is 4. The average Bonchev–Trinajstić information content (AvgIpc) is 2.46. The van der Waals surface area contributed by atoms with E-state index in [4.69, 9.17) is 5.73 Å². The van der Waals surface area contributed by atoms with Crippen molar-refractivity contribution in [2.75, 3.05) is 14.1 Å². The summed E-state index contributed by atoms with van der Waals surface area (Å²) in [6.07, 6.45) is 0. The Bertz CT molecular complexity index is 675. The molecule has 1 aliphatic heterocycles. The topological polar surface area (TPSA) is 95.7 Å². The summed E-state index contributed by atoms with van der Waals surface area (Å²) in [5.41, 5.74) is 7.53. The highest BCUT2D eigenvalue weighted by Crippen LogP contribution is 2.37. The first-order valence-electron chi connectivity index (χ1n) is 6.82. The number of nitrogens with zero attached hydrogens (tertiary/aromatic N) is 1. The number of allylic oxidation sites excluding steroid dienone is 1. The Hall–Kier alpha value is -2.76. The van der Waals surface area contributed by atoms with Crippen LogP contribution in [0.25, 0.3) is 0 Å². The van der Waals surface area contributed by atoms with Gasteiger partial charge in [0.2, 0.25) is 0 Å². The molecule has 1 amide bonds. The maximum absolute atomic E-state index is 12.5. The van der Waals surface area contributed by atoms with Gasteiger partial charge in [-0.05, 0) is 12.5 Å². The van der Waals surface area contributed by atoms with Crippen molar-refractivity contribution in [3.63, 3.8) is 0 Å². The Labute approximate surface area is 128 Å². The van der Waals surface area contributed by atoms with Crippen LogP contribution in [0.15, 0.2) is 53.0 Å². The average molecular weight is 301 g/mol. The molecular weight excluding hydrogens is 282 g/mol. The zero-order chi connectivity index (χ0) is 16.4. The zero-order valence-corrected chi connectivity index (χ0v) is 12.8. The molecule has 116 valence electrons. The van der Waals surface area contributed by atoms with Gasteiger partial charge in [-0.3, -0.25) is 4.79 Å². The van der Waals surface area contributed by atoms with Crippen molar-refractivity contribution in [3.8, 4) is 0 Å². The first kappa shape index (κ1) is 15.6. The lowest BCUT2D eigenvalue weighted by atomic mass is 9.81. The van der Waals surface area contributed by atoms with E-state index < -0.39 is 11.9 Å². The number of carboxylic acid groups (broad SMARTS) is 1. The number of amides is 1. The second-order valence-corrected chi connectivity index (χ2v) is 5.34. The van der Waals surface area contributed by atoms with Gasteiger partial charge in [-0.1, -0.05) is 30.3 Å². The third-order valence-corrected chi connectivity index (χ3v) is 3.59. The Kier molecular flexibility index (Phi) is 4.21. The van der Waals surface area contributed by atoms with Gasteiger partial charge in [-0.15, -0.1) is 0 Å². The number of carboxylic acids is 1. The van der Waals surface area contributed by atoms with Gasteiger partial charge in [-0.25, -0.2) is 4.79 Å². The Morgan fingerprint density at radius 2 is 1.77 bits per heavy atom. The van der Waals surface area contributed by atoms with Crippen molar-refractivity contribution in [2.45, 2.75) is 12.8 Å². The van der Waals surface area contributed by atoms with Gasteiger partial charge in [0.25, 0.3) is 5.91 Å². The minimum absolute atomic E-state index is 0.0120. The molecule has 1 aromatic rings. The molecular formula is C16H19N3O3. The van der Waals surface area contributed by atoms with Gasteiger partial charge in [0, 0.05) is 25.4 Å². The Morgan fingerprint density at radius 1 is 1.18 bits per heavy atom. The molecule has 0 spiro atoms. The Balaban J connectivity index is 2.67. The van der Waals surface area contributed by atoms with Gasteiger partial charge >= 0.3 is 5.97 Å². The molecule has 6 heteroatoms. The third-order valence-electron chi connectivity index (χ3n) is 3.59. The number of nitrogens with one attached hydrogen (secondary N) is 1. The number of rotatable bonds is 3. The van der Waals surface area contributed by atoms with Crippen LogP contribution in [-0.4, -0.2) is 36.0 Å². The lowest BCUT2D eigenvalue weighted by Crippen LogP contribution is -2.38. The third kappa shape index (κ3) is 2.67. The molecule has 1 heterocycles. The molecule has 0 saturated heterocycles. The summed E-state index contributed by atoms with van der Waals surface area (Å²) in [7, 11) is 3.26. The van der Waals surface area contributed by atoms with E-state index >= 15 is 0 Å². The summed E-state index contributed by atoms with van der Waals surface area (Å²) in [6, 6.07) is 9.03. The highest BCUT2D eigenvalue weighted by Gasteiger charge is 2.37. The van der Waals surface area contributed by atoms with Crippen LogP contribution in [0, 0.1) is 0 Å². The smallest absolute Gasteiger partial charge is 0.336 e. The number of aliphatic carboxylic acids is 1. The van der Waals surface area contributed by atoms with Gasteiger partial charge in [0.05, 0.1) is 11.5 Å². The molecule has 22 heavy (non-hydrogen) atoms. The van der Waals surface area contributed by atoms with E-state index in [9.17, 15) is 14.7 Å². The fourth-order valence-electron chi connectivity index (χ4n) is 2.60. The lowest BCUT2D eigenvalue weighted by molar-refractivity contribution is -0.133. The molecule has 2 rings (SSSR count). The number of likely N-dealkylation sites (N-methyl/N-ethyl adjacent to an activating group) is 1. The molecule has 0 bridgehead atoms. The predicted octanol–water partition coefficient (Wildman–Crippen LogP) is 0.990. The van der Waals surface area contributed by atoms with Crippen molar-refractivity contribution in [3.05, 3.63) is 58.6 Å². The number of nitrogens with two attached hydrogens (primary N) is 1. The maximum Gasteiger partial charge on any atom is 0.336 e. The van der Waals surface area contributed by atoms with Crippen LogP contribution in [0.5, 0.6) is 0 Å². The van der Waals surface area contributed by atoms with Crippen LogP contribution in [0.1, 0.15) is 18.4 Å². The number of benzene rings is 1. The van der Waals surface area contributed by atoms with Crippen LogP contribution in [-0.2, 0) is 9.59 Å². The minimum atomic E-state index is -1.14. The molecule has 0 fully saturated rings. The van der Waals surface area contributed by atoms with Crippen LogP contribution in [0.4, 0.5) is 0 Å². The number of hydrogen-bond donors (Lipinski definition) is 3. The fraction of sp³-hybridized carbons (Fsp3) is 0.250. The largest absolute Gasteiger partial charge is 0.478 e. The van der Waals surface area contributed by atoms with Crippen LogP contribution in [0.3, 0.4) is 0 Å². The SMILES string of the molecule is CC1=C(C(=O)N(C)C)C(c2ccccc2)C(C(=O)O)=C(N)N1. The molecule has 1 atom stereocenters. The van der Waals surface area contributed by atoms with Crippen LogP contribution >= 0.6 is 0 Å². The first-order chi connectivity index (χ1) is 10.3. The minimum Gasteiger partial charge on any atom is -0.478 e. The maximum atomic E-state index is 12.5. The van der Waals surface area contributed by atoms with Crippen LogP contribution < -0.4 is 11.1 Å². The monoisotopic (exact) mass is 301 g/mol. The molecule has 1 aromatic carbocycles. The first-order valence-corrected chi connectivity index (χ1v) is 6.82. The normalized spacial score (nSPS) is 18.0. The lowest BCUT2D eigenvalue weighted by Gasteiger charge is -2.30. The zero-order valence-electron chi connectivity index (χ0n) is 12.8. The summed E-state index contributed by atoms with van der Waals surface area (Å²) in [6.45, 7) is 1.72. The van der Waals surface area contributed by atoms with Crippen molar-refractivity contribution in [2.24, 2.45) is 5.73 Å². The second-order valence-electron chi connectivity index (χ2n) is 5.34. The van der Waals surface area contributed by atoms with Crippen molar-refractivity contribution in [1.82, 2.24) is 10.2 Å². The standard InChI is InChI=1S/C16H19N3O3/c1-9-11(15(20)19(2)3)12(10-7-5-4-6-8-10)13(16(21)22)14(17)18-9/h4-8,12,18H,17H2,1-3H3,(H,21,22). The molecule has 6 nitrogen and oxygen atoms in total. The van der Waals surface area contributed by atoms with E-state index in [2.05, 4.69) is 5.32 Å². The molecule has 0 aromatic heterocycles. The van der Waals surface area contributed by atoms with E-state index in [-0.39, 0.29) is 17.3 Å². The Morgan fingerprint density at radius 3 is 2.27 bits per heavy atom. The predicted molar refractivity (Wildman–Crippen MR) is 82.6 cm³/mol. The summed E-state index contributed by atoms with van der Waals surface area (Å²) >= 11 is 0. The fourth-order valence-corrected chi connectivity index (χ4v) is 2.60. The highest BCUT2D eigenvalue weighted by molar-refractivity contribution is 6.01. The molecule has 1 aliphatic rings. The molecule has 0 aliphatic carbocycles. The van der Waals surface area contributed by atoms with E-state index in [0.717, 1.165) is 0 Å². The molecule has 0 radical (unpaired) electrons. The van der Waals surface area contributed by atoms with E-state index in [0.29, 0.717) is 16.8 Å². The summed E-state index contributed by atoms with van der Waals surface area (Å²) in [5, 5.41) is 12.3. The molecule has 4 N–H and O–H groups in total.